The summed E-state index contributed by atoms with van der Waals surface area (Å²) in [6.07, 6.45) is 0. The third kappa shape index (κ3) is 4.31. The van der Waals surface area contributed by atoms with Crippen molar-refractivity contribution in [3.05, 3.63) is 69.3 Å². The Balaban J connectivity index is 2.16. The van der Waals surface area contributed by atoms with Crippen molar-refractivity contribution in [3.8, 4) is 5.75 Å². The molecular formula is C17H15NO7. The molecule has 8 heteroatoms. The van der Waals surface area contributed by atoms with Crippen molar-refractivity contribution in [1.82, 2.24) is 0 Å². The first-order valence-corrected chi connectivity index (χ1v) is 7.13. The normalized spacial score (nSPS) is 10.0. The SMILES string of the molecule is COC(=O)c1cccc(COC(=O)c2cc([N+](=O)[O-])ccc2OC)c1. The molecule has 0 aromatic heterocycles. The predicted octanol–water partition coefficient (Wildman–Crippen LogP) is 2.75. The number of nitro groups is 1. The summed E-state index contributed by atoms with van der Waals surface area (Å²) >= 11 is 0. The molecule has 0 amide bonds. The highest BCUT2D eigenvalue weighted by atomic mass is 16.6. The second kappa shape index (κ2) is 7.91. The van der Waals surface area contributed by atoms with Gasteiger partial charge in [0.1, 0.15) is 17.9 Å². The van der Waals surface area contributed by atoms with E-state index in [-0.39, 0.29) is 23.6 Å². The van der Waals surface area contributed by atoms with Gasteiger partial charge in [-0.2, -0.15) is 0 Å². The van der Waals surface area contributed by atoms with Crippen LogP contribution in [-0.2, 0) is 16.1 Å². The molecule has 0 atom stereocenters. The second-order valence-electron chi connectivity index (χ2n) is 4.91. The highest BCUT2D eigenvalue weighted by Gasteiger charge is 2.19. The van der Waals surface area contributed by atoms with E-state index in [4.69, 9.17) is 9.47 Å². The molecule has 0 radical (unpaired) electrons. The molecule has 0 aliphatic heterocycles. The van der Waals surface area contributed by atoms with Crippen LogP contribution >= 0.6 is 0 Å². The minimum Gasteiger partial charge on any atom is -0.496 e. The van der Waals surface area contributed by atoms with Crippen LogP contribution in [-0.4, -0.2) is 31.1 Å². The summed E-state index contributed by atoms with van der Waals surface area (Å²) in [4.78, 5) is 34.0. The highest BCUT2D eigenvalue weighted by molar-refractivity contribution is 5.93. The number of hydrogen-bond acceptors (Lipinski definition) is 7. The van der Waals surface area contributed by atoms with Gasteiger partial charge in [0.05, 0.1) is 24.7 Å². The zero-order valence-electron chi connectivity index (χ0n) is 13.6. The summed E-state index contributed by atoms with van der Waals surface area (Å²) in [6, 6.07) is 10.0. The summed E-state index contributed by atoms with van der Waals surface area (Å²) in [5, 5.41) is 10.9. The first-order chi connectivity index (χ1) is 12.0. The van der Waals surface area contributed by atoms with Gasteiger partial charge in [-0.05, 0) is 23.8 Å². The van der Waals surface area contributed by atoms with Crippen LogP contribution in [0.4, 0.5) is 5.69 Å². The quantitative estimate of drug-likeness (QED) is 0.450. The van der Waals surface area contributed by atoms with Crippen LogP contribution in [0.25, 0.3) is 0 Å². The first kappa shape index (κ1) is 17.9. The lowest BCUT2D eigenvalue weighted by Crippen LogP contribution is -2.08. The van der Waals surface area contributed by atoms with Crippen molar-refractivity contribution in [2.75, 3.05) is 14.2 Å². The van der Waals surface area contributed by atoms with Crippen LogP contribution in [0.1, 0.15) is 26.3 Å². The van der Waals surface area contributed by atoms with E-state index in [1.165, 1.54) is 32.4 Å². The molecule has 0 heterocycles. The summed E-state index contributed by atoms with van der Waals surface area (Å²) in [5.74, 6) is -1.11. The molecule has 0 aliphatic rings. The monoisotopic (exact) mass is 345 g/mol. The first-order valence-electron chi connectivity index (χ1n) is 7.13. The molecule has 2 aromatic rings. The molecule has 25 heavy (non-hydrogen) atoms. The van der Waals surface area contributed by atoms with Crippen LogP contribution in [0.2, 0.25) is 0 Å². The van der Waals surface area contributed by atoms with Crippen molar-refractivity contribution in [1.29, 1.82) is 0 Å². The number of nitrogens with zero attached hydrogens (tertiary/aromatic N) is 1. The Morgan fingerprint density at radius 3 is 2.48 bits per heavy atom. The van der Waals surface area contributed by atoms with E-state index in [9.17, 15) is 19.7 Å². The van der Waals surface area contributed by atoms with Gasteiger partial charge in [-0.15, -0.1) is 0 Å². The Morgan fingerprint density at radius 2 is 1.84 bits per heavy atom. The lowest BCUT2D eigenvalue weighted by molar-refractivity contribution is -0.384. The number of esters is 2. The molecular weight excluding hydrogens is 330 g/mol. The van der Waals surface area contributed by atoms with Gasteiger partial charge in [-0.1, -0.05) is 12.1 Å². The van der Waals surface area contributed by atoms with E-state index >= 15 is 0 Å². The third-order valence-electron chi connectivity index (χ3n) is 3.33. The average Bonchev–Trinajstić information content (AvgIpc) is 2.64. The summed E-state index contributed by atoms with van der Waals surface area (Å²) in [6.45, 7) is -0.116. The van der Waals surface area contributed by atoms with E-state index < -0.39 is 16.9 Å². The maximum Gasteiger partial charge on any atom is 0.342 e. The number of carbonyl (C=O) groups excluding carboxylic acids is 2. The molecule has 0 N–H and O–H groups in total. The maximum absolute atomic E-state index is 12.2. The van der Waals surface area contributed by atoms with Crippen LogP contribution in [0.15, 0.2) is 42.5 Å². The van der Waals surface area contributed by atoms with Gasteiger partial charge in [0.2, 0.25) is 0 Å². The number of non-ortho nitro benzene ring substituents is 1. The Labute approximate surface area is 143 Å². The van der Waals surface area contributed by atoms with E-state index in [2.05, 4.69) is 4.74 Å². The van der Waals surface area contributed by atoms with Crippen LogP contribution in [0, 0.1) is 10.1 Å². The van der Waals surface area contributed by atoms with Gasteiger partial charge in [-0.3, -0.25) is 10.1 Å². The molecule has 0 saturated heterocycles. The molecule has 0 aliphatic carbocycles. The zero-order valence-corrected chi connectivity index (χ0v) is 13.6. The molecule has 2 aromatic carbocycles. The molecule has 0 bridgehead atoms. The van der Waals surface area contributed by atoms with E-state index in [1.807, 2.05) is 0 Å². The van der Waals surface area contributed by atoms with Gasteiger partial charge in [0, 0.05) is 12.1 Å². The fourth-order valence-corrected chi connectivity index (χ4v) is 2.10. The Bertz CT molecular complexity index is 816. The van der Waals surface area contributed by atoms with Gasteiger partial charge in [0.15, 0.2) is 0 Å². The van der Waals surface area contributed by atoms with Gasteiger partial charge in [-0.25, -0.2) is 9.59 Å². The topological polar surface area (TPSA) is 105 Å². The number of ether oxygens (including phenoxy) is 3. The Hall–Kier alpha value is -3.42. The summed E-state index contributed by atoms with van der Waals surface area (Å²) in [7, 11) is 2.61. The number of hydrogen-bond donors (Lipinski definition) is 0. The van der Waals surface area contributed by atoms with E-state index in [0.717, 1.165) is 6.07 Å². The van der Waals surface area contributed by atoms with Crippen LogP contribution in [0.5, 0.6) is 5.75 Å². The van der Waals surface area contributed by atoms with Crippen LogP contribution < -0.4 is 4.74 Å². The largest absolute Gasteiger partial charge is 0.496 e. The molecule has 130 valence electrons. The summed E-state index contributed by atoms with van der Waals surface area (Å²) < 4.78 is 14.8. The molecule has 0 unspecified atom stereocenters. The van der Waals surface area contributed by atoms with Gasteiger partial charge in [0.25, 0.3) is 5.69 Å². The molecule has 8 nitrogen and oxygen atoms in total. The maximum atomic E-state index is 12.2. The molecule has 2 rings (SSSR count). The van der Waals surface area contributed by atoms with Crippen molar-refractivity contribution in [2.24, 2.45) is 0 Å². The molecule has 0 saturated carbocycles. The zero-order chi connectivity index (χ0) is 18.4. The Kier molecular flexibility index (Phi) is 5.67. The summed E-state index contributed by atoms with van der Waals surface area (Å²) in [5.41, 5.74) is 0.589. The van der Waals surface area contributed by atoms with Crippen molar-refractivity contribution >= 4 is 17.6 Å². The van der Waals surface area contributed by atoms with Crippen molar-refractivity contribution in [2.45, 2.75) is 6.61 Å². The predicted molar refractivity (Wildman–Crippen MR) is 86.5 cm³/mol. The third-order valence-corrected chi connectivity index (χ3v) is 3.33. The number of rotatable bonds is 6. The lowest BCUT2D eigenvalue weighted by Gasteiger charge is -2.09. The molecule has 0 spiro atoms. The van der Waals surface area contributed by atoms with Crippen molar-refractivity contribution < 1.29 is 28.7 Å². The Morgan fingerprint density at radius 1 is 1.08 bits per heavy atom. The minimum atomic E-state index is -0.774. The van der Waals surface area contributed by atoms with Crippen LogP contribution in [0.3, 0.4) is 0 Å². The second-order valence-corrected chi connectivity index (χ2v) is 4.91. The minimum absolute atomic E-state index is 0.0548. The van der Waals surface area contributed by atoms with Gasteiger partial charge >= 0.3 is 11.9 Å². The highest BCUT2D eigenvalue weighted by Crippen LogP contribution is 2.25. The average molecular weight is 345 g/mol. The van der Waals surface area contributed by atoms with Crippen molar-refractivity contribution in [3.63, 3.8) is 0 Å². The van der Waals surface area contributed by atoms with E-state index in [1.54, 1.807) is 18.2 Å². The standard InChI is InChI=1S/C17H15NO7/c1-23-15-7-6-13(18(21)22)9-14(15)17(20)25-10-11-4-3-5-12(8-11)16(19)24-2/h3-9H,10H2,1-2H3. The number of benzene rings is 2. The van der Waals surface area contributed by atoms with E-state index in [0.29, 0.717) is 11.1 Å². The fourth-order valence-electron chi connectivity index (χ4n) is 2.10. The van der Waals surface area contributed by atoms with Gasteiger partial charge < -0.3 is 14.2 Å². The number of methoxy groups -OCH3 is 2. The molecule has 0 fully saturated rings. The number of nitro benzene ring substituents is 1. The lowest BCUT2D eigenvalue weighted by atomic mass is 10.1. The smallest absolute Gasteiger partial charge is 0.342 e. The fraction of sp³-hybridized carbons (Fsp3) is 0.176. The number of carbonyl (C=O) groups is 2.